The van der Waals surface area contributed by atoms with Crippen LogP contribution in [0, 0.1) is 11.8 Å². The summed E-state index contributed by atoms with van der Waals surface area (Å²) in [7, 11) is 0. The summed E-state index contributed by atoms with van der Waals surface area (Å²) in [6.45, 7) is 0. The van der Waals surface area contributed by atoms with Gasteiger partial charge in [0.2, 0.25) is 11.8 Å². The van der Waals surface area contributed by atoms with E-state index >= 15 is 0 Å². The Labute approximate surface area is 195 Å². The minimum atomic E-state index is -0.776. The average Bonchev–Trinajstić information content (AvgIpc) is 3.33. The number of anilines is 2. The maximum Gasteiger partial charge on any atom is 0.240 e. The standard InChI is InChI=1S/C27H19ClN2O3/c28-18-11-13-19(14-12-18)29-26(32)22-21-15-10-16-6-4-5-9-20(16)30(21)24(23(22)27(29)33)25(31)17-7-2-1-3-8-17/h1-15,21-24H. The number of nitrogens with zero attached hydrogens (tertiary/aromatic N) is 2. The van der Waals surface area contributed by atoms with Gasteiger partial charge in [0.25, 0.3) is 0 Å². The summed E-state index contributed by atoms with van der Waals surface area (Å²) in [5.74, 6) is -2.20. The molecular formula is C27H19ClN2O3. The highest BCUT2D eigenvalue weighted by atomic mass is 35.5. The summed E-state index contributed by atoms with van der Waals surface area (Å²) < 4.78 is 0. The molecule has 0 radical (unpaired) electrons. The van der Waals surface area contributed by atoms with Gasteiger partial charge >= 0.3 is 0 Å². The third-order valence-electron chi connectivity index (χ3n) is 6.83. The van der Waals surface area contributed by atoms with Crippen molar-refractivity contribution >= 4 is 46.6 Å². The normalized spacial score (nSPS) is 25.1. The number of Topliss-reactive ketones (excluding diaryl/α,β-unsaturated/α-hetero) is 1. The van der Waals surface area contributed by atoms with Crippen molar-refractivity contribution in [3.8, 4) is 0 Å². The lowest BCUT2D eigenvalue weighted by molar-refractivity contribution is -0.122. The summed E-state index contributed by atoms with van der Waals surface area (Å²) in [6, 6.07) is 22.2. The smallest absolute Gasteiger partial charge is 0.240 e. The molecular weight excluding hydrogens is 436 g/mol. The van der Waals surface area contributed by atoms with Crippen LogP contribution >= 0.6 is 11.6 Å². The van der Waals surface area contributed by atoms with Gasteiger partial charge in [0.15, 0.2) is 5.78 Å². The van der Waals surface area contributed by atoms with E-state index in [1.807, 2.05) is 59.5 Å². The molecule has 6 rings (SSSR count). The number of imide groups is 1. The minimum absolute atomic E-state index is 0.155. The molecule has 33 heavy (non-hydrogen) atoms. The first-order chi connectivity index (χ1) is 16.1. The average molecular weight is 455 g/mol. The molecule has 5 nitrogen and oxygen atoms in total. The first-order valence-electron chi connectivity index (χ1n) is 10.8. The van der Waals surface area contributed by atoms with E-state index in [0.29, 0.717) is 16.3 Å². The monoisotopic (exact) mass is 454 g/mol. The lowest BCUT2D eigenvalue weighted by Gasteiger charge is -2.36. The van der Waals surface area contributed by atoms with Gasteiger partial charge < -0.3 is 4.90 Å². The zero-order valence-corrected chi connectivity index (χ0v) is 18.2. The molecule has 0 N–H and O–H groups in total. The zero-order valence-electron chi connectivity index (χ0n) is 17.5. The number of rotatable bonds is 3. The van der Waals surface area contributed by atoms with Gasteiger partial charge in [-0.3, -0.25) is 14.4 Å². The molecule has 3 aromatic carbocycles. The fourth-order valence-corrected chi connectivity index (χ4v) is 5.56. The second kappa shape index (κ2) is 7.42. The third kappa shape index (κ3) is 2.89. The number of ketones is 1. The minimum Gasteiger partial charge on any atom is -0.352 e. The number of carbonyl (C=O) groups is 3. The van der Waals surface area contributed by atoms with E-state index < -0.39 is 17.9 Å². The van der Waals surface area contributed by atoms with E-state index in [0.717, 1.165) is 11.3 Å². The van der Waals surface area contributed by atoms with Gasteiger partial charge in [0.1, 0.15) is 6.04 Å². The van der Waals surface area contributed by atoms with Crippen LogP contribution in [-0.4, -0.2) is 29.7 Å². The predicted molar refractivity (Wildman–Crippen MR) is 127 cm³/mol. The van der Waals surface area contributed by atoms with Crippen molar-refractivity contribution in [2.45, 2.75) is 12.1 Å². The lowest BCUT2D eigenvalue weighted by atomic mass is 9.86. The second-order valence-corrected chi connectivity index (χ2v) is 8.97. The SMILES string of the molecule is O=C(c1ccccc1)C1C2C(=O)N(c3ccc(Cl)cc3)C(=O)C2C2C=Cc3ccccc3N21. The molecule has 3 aromatic rings. The Morgan fingerprint density at radius 2 is 1.45 bits per heavy atom. The lowest BCUT2D eigenvalue weighted by Crippen LogP contribution is -2.48. The summed E-state index contributed by atoms with van der Waals surface area (Å²) >= 11 is 6.01. The molecule has 0 bridgehead atoms. The van der Waals surface area contributed by atoms with Crippen LogP contribution in [0.2, 0.25) is 5.02 Å². The number of hydrogen-bond donors (Lipinski definition) is 0. The van der Waals surface area contributed by atoms with Gasteiger partial charge in [-0.15, -0.1) is 0 Å². The number of para-hydroxylation sites is 1. The van der Waals surface area contributed by atoms with Crippen molar-refractivity contribution in [2.75, 3.05) is 9.80 Å². The Kier molecular flexibility index (Phi) is 4.49. The van der Waals surface area contributed by atoms with Crippen molar-refractivity contribution in [3.63, 3.8) is 0 Å². The maximum atomic E-state index is 13.8. The van der Waals surface area contributed by atoms with Crippen molar-refractivity contribution in [1.82, 2.24) is 0 Å². The van der Waals surface area contributed by atoms with Crippen LogP contribution < -0.4 is 9.80 Å². The Balaban J connectivity index is 1.50. The van der Waals surface area contributed by atoms with Gasteiger partial charge in [-0.25, -0.2) is 4.90 Å². The van der Waals surface area contributed by atoms with Crippen LogP contribution in [0.5, 0.6) is 0 Å². The summed E-state index contributed by atoms with van der Waals surface area (Å²) in [6.07, 6.45) is 3.93. The molecule has 4 unspecified atom stereocenters. The molecule has 3 heterocycles. The number of halogens is 1. The molecule has 6 heteroatoms. The van der Waals surface area contributed by atoms with E-state index in [-0.39, 0.29) is 23.6 Å². The molecule has 2 fully saturated rings. The van der Waals surface area contributed by atoms with Crippen molar-refractivity contribution in [1.29, 1.82) is 0 Å². The number of amides is 2. The zero-order chi connectivity index (χ0) is 22.7. The van der Waals surface area contributed by atoms with Crippen LogP contribution in [0.3, 0.4) is 0 Å². The van der Waals surface area contributed by atoms with E-state index in [2.05, 4.69) is 0 Å². The van der Waals surface area contributed by atoms with Crippen LogP contribution in [0.1, 0.15) is 15.9 Å². The Bertz CT molecular complexity index is 1320. The number of hydrogen-bond acceptors (Lipinski definition) is 4. The highest BCUT2D eigenvalue weighted by Gasteiger charge is 2.64. The molecule has 2 amide bonds. The quantitative estimate of drug-likeness (QED) is 0.428. The van der Waals surface area contributed by atoms with Gasteiger partial charge in [-0.2, -0.15) is 0 Å². The summed E-state index contributed by atoms with van der Waals surface area (Å²) in [4.78, 5) is 44.4. The predicted octanol–water partition coefficient (Wildman–Crippen LogP) is 4.61. The molecule has 3 aliphatic rings. The number of fused-ring (bicyclic) bond motifs is 5. The highest BCUT2D eigenvalue weighted by molar-refractivity contribution is 6.31. The van der Waals surface area contributed by atoms with Crippen molar-refractivity contribution < 1.29 is 14.4 Å². The van der Waals surface area contributed by atoms with Crippen LogP contribution in [0.4, 0.5) is 11.4 Å². The Morgan fingerprint density at radius 3 is 2.21 bits per heavy atom. The Morgan fingerprint density at radius 1 is 0.788 bits per heavy atom. The van der Waals surface area contributed by atoms with Crippen LogP contribution in [0.15, 0.2) is 84.9 Å². The van der Waals surface area contributed by atoms with Crippen LogP contribution in [-0.2, 0) is 9.59 Å². The molecule has 3 aliphatic heterocycles. The molecule has 0 spiro atoms. The van der Waals surface area contributed by atoms with Gasteiger partial charge in [-0.1, -0.05) is 72.3 Å². The van der Waals surface area contributed by atoms with Crippen molar-refractivity contribution in [2.24, 2.45) is 11.8 Å². The van der Waals surface area contributed by atoms with Gasteiger partial charge in [0, 0.05) is 16.3 Å². The number of carbonyl (C=O) groups excluding carboxylic acids is 3. The third-order valence-corrected chi connectivity index (χ3v) is 7.08. The number of benzene rings is 3. The van der Waals surface area contributed by atoms with Crippen LogP contribution in [0.25, 0.3) is 6.08 Å². The maximum absolute atomic E-state index is 13.8. The fourth-order valence-electron chi connectivity index (χ4n) is 5.43. The second-order valence-electron chi connectivity index (χ2n) is 8.53. The molecule has 0 aromatic heterocycles. The molecule has 162 valence electrons. The highest BCUT2D eigenvalue weighted by Crippen LogP contribution is 2.49. The van der Waals surface area contributed by atoms with E-state index in [4.69, 9.17) is 11.6 Å². The van der Waals surface area contributed by atoms with E-state index in [1.54, 1.807) is 36.4 Å². The molecule has 4 atom stereocenters. The molecule has 0 saturated carbocycles. The summed E-state index contributed by atoms with van der Waals surface area (Å²) in [5, 5.41) is 0.521. The van der Waals surface area contributed by atoms with E-state index in [9.17, 15) is 14.4 Å². The Hall–Kier alpha value is -3.70. The molecule has 0 aliphatic carbocycles. The van der Waals surface area contributed by atoms with E-state index in [1.165, 1.54) is 4.90 Å². The topological polar surface area (TPSA) is 57.7 Å². The molecule has 2 saturated heterocycles. The van der Waals surface area contributed by atoms with Gasteiger partial charge in [0.05, 0.1) is 23.6 Å². The van der Waals surface area contributed by atoms with Gasteiger partial charge in [-0.05, 0) is 35.9 Å². The first kappa shape index (κ1) is 19.9. The summed E-state index contributed by atoms with van der Waals surface area (Å²) in [5.41, 5.74) is 2.84. The first-order valence-corrected chi connectivity index (χ1v) is 11.2. The fraction of sp³-hybridized carbons (Fsp3) is 0.148. The van der Waals surface area contributed by atoms with Crippen molar-refractivity contribution in [3.05, 3.63) is 101 Å². The largest absolute Gasteiger partial charge is 0.352 e.